The number of hydrogen-bond acceptors (Lipinski definition) is 6. The number of ether oxygens (including phenoxy) is 3. The van der Waals surface area contributed by atoms with E-state index in [0.29, 0.717) is 23.1 Å². The Bertz CT molecular complexity index is 660. The third-order valence-corrected chi connectivity index (χ3v) is 2.71. The zero-order valence-electron chi connectivity index (χ0n) is 10.6. The topological polar surface area (TPSA) is 82.6 Å². The van der Waals surface area contributed by atoms with E-state index >= 15 is 0 Å². The average Bonchev–Trinajstić information content (AvgIpc) is 2.95. The molecule has 0 bridgehead atoms. The number of methoxy groups -OCH3 is 1. The number of aromatic nitrogens is 2. The van der Waals surface area contributed by atoms with Crippen molar-refractivity contribution >= 4 is 11.6 Å². The lowest BCUT2D eigenvalue weighted by Gasteiger charge is -2.06. The third-order valence-electron chi connectivity index (χ3n) is 2.71. The Hall–Kier alpha value is -2.83. The van der Waals surface area contributed by atoms with E-state index in [1.54, 1.807) is 18.2 Å². The fourth-order valence-corrected chi connectivity index (χ4v) is 1.74. The summed E-state index contributed by atoms with van der Waals surface area (Å²) >= 11 is 0. The molecule has 0 spiro atoms. The minimum absolute atomic E-state index is 0.190. The summed E-state index contributed by atoms with van der Waals surface area (Å²) < 4.78 is 15.4. The minimum Gasteiger partial charge on any atom is -0.481 e. The van der Waals surface area contributed by atoms with E-state index in [-0.39, 0.29) is 18.4 Å². The van der Waals surface area contributed by atoms with Crippen LogP contribution in [-0.4, -0.2) is 29.8 Å². The number of benzene rings is 1. The van der Waals surface area contributed by atoms with E-state index in [1.165, 1.54) is 19.5 Å². The van der Waals surface area contributed by atoms with Crippen molar-refractivity contribution in [1.29, 1.82) is 0 Å². The first kappa shape index (κ1) is 12.2. The second-order valence-electron chi connectivity index (χ2n) is 3.97. The van der Waals surface area contributed by atoms with Crippen LogP contribution in [0.5, 0.6) is 17.4 Å². The molecule has 1 aliphatic heterocycles. The largest absolute Gasteiger partial charge is 0.481 e. The Morgan fingerprint density at radius 3 is 2.95 bits per heavy atom. The molecule has 1 aromatic heterocycles. The van der Waals surface area contributed by atoms with Gasteiger partial charge in [0.25, 0.3) is 5.91 Å². The van der Waals surface area contributed by atoms with Crippen LogP contribution in [0, 0.1) is 0 Å². The molecule has 1 aromatic carbocycles. The van der Waals surface area contributed by atoms with Crippen LogP contribution in [0.2, 0.25) is 0 Å². The summed E-state index contributed by atoms with van der Waals surface area (Å²) in [6, 6.07) is 6.61. The van der Waals surface area contributed by atoms with Gasteiger partial charge >= 0.3 is 0 Å². The van der Waals surface area contributed by atoms with Crippen LogP contribution in [0.1, 0.15) is 10.5 Å². The summed E-state index contributed by atoms with van der Waals surface area (Å²) in [5.74, 6) is 1.23. The minimum atomic E-state index is -0.357. The number of carbonyl (C=O) groups excluding carboxylic acids is 1. The van der Waals surface area contributed by atoms with Gasteiger partial charge in [0.2, 0.25) is 12.7 Å². The predicted molar refractivity (Wildman–Crippen MR) is 69.1 cm³/mol. The van der Waals surface area contributed by atoms with Crippen molar-refractivity contribution in [1.82, 2.24) is 9.97 Å². The van der Waals surface area contributed by atoms with Gasteiger partial charge in [0.15, 0.2) is 11.5 Å². The second kappa shape index (κ2) is 5.04. The molecule has 0 fully saturated rings. The third kappa shape index (κ3) is 2.33. The van der Waals surface area contributed by atoms with Crippen LogP contribution in [0.25, 0.3) is 0 Å². The fraction of sp³-hybridized carbons (Fsp3) is 0.154. The molecular formula is C13H11N3O4. The first-order chi connectivity index (χ1) is 9.76. The van der Waals surface area contributed by atoms with Gasteiger partial charge in [-0.05, 0) is 12.1 Å². The van der Waals surface area contributed by atoms with Crippen LogP contribution < -0.4 is 19.5 Å². The van der Waals surface area contributed by atoms with E-state index in [2.05, 4.69) is 15.3 Å². The zero-order valence-corrected chi connectivity index (χ0v) is 10.6. The van der Waals surface area contributed by atoms with E-state index in [4.69, 9.17) is 14.2 Å². The first-order valence-electron chi connectivity index (χ1n) is 5.83. The van der Waals surface area contributed by atoms with Crippen LogP contribution in [0.4, 0.5) is 5.69 Å². The second-order valence-corrected chi connectivity index (χ2v) is 3.97. The van der Waals surface area contributed by atoms with Crippen molar-refractivity contribution in [3.05, 3.63) is 36.3 Å². The quantitative estimate of drug-likeness (QED) is 0.911. The van der Waals surface area contributed by atoms with E-state index in [0.717, 1.165) is 0 Å². The standard InChI is InChI=1S/C13H11N3O4/c1-18-12-5-9(14-6-15-12)13(17)16-8-2-3-10-11(4-8)20-7-19-10/h2-6H,7H2,1H3,(H,16,17). The van der Waals surface area contributed by atoms with Gasteiger partial charge in [0, 0.05) is 17.8 Å². The zero-order chi connectivity index (χ0) is 13.9. The highest BCUT2D eigenvalue weighted by molar-refractivity contribution is 6.03. The summed E-state index contributed by atoms with van der Waals surface area (Å²) in [6.45, 7) is 0.190. The van der Waals surface area contributed by atoms with Crippen molar-refractivity contribution in [2.75, 3.05) is 19.2 Å². The molecule has 20 heavy (non-hydrogen) atoms. The van der Waals surface area contributed by atoms with Gasteiger partial charge in [-0.1, -0.05) is 0 Å². The Morgan fingerprint density at radius 1 is 1.25 bits per heavy atom. The average molecular weight is 273 g/mol. The molecule has 1 N–H and O–H groups in total. The summed E-state index contributed by atoms with van der Waals surface area (Å²) in [6.07, 6.45) is 1.27. The Kier molecular flexibility index (Phi) is 3.08. The number of hydrogen-bond donors (Lipinski definition) is 1. The Labute approximate surface area is 114 Å². The van der Waals surface area contributed by atoms with Gasteiger partial charge in [-0.3, -0.25) is 4.79 Å². The lowest BCUT2D eigenvalue weighted by Crippen LogP contribution is -2.14. The molecule has 0 unspecified atom stereocenters. The molecule has 2 heterocycles. The van der Waals surface area contributed by atoms with Gasteiger partial charge in [-0.2, -0.15) is 0 Å². The maximum Gasteiger partial charge on any atom is 0.274 e. The molecular weight excluding hydrogens is 262 g/mol. The molecule has 1 amide bonds. The number of rotatable bonds is 3. The van der Waals surface area contributed by atoms with Crippen molar-refractivity contribution in [2.24, 2.45) is 0 Å². The predicted octanol–water partition coefficient (Wildman–Crippen LogP) is 1.47. The molecule has 1 aliphatic rings. The summed E-state index contributed by atoms with van der Waals surface area (Å²) in [5, 5.41) is 2.72. The monoisotopic (exact) mass is 273 g/mol. The van der Waals surface area contributed by atoms with Crippen LogP contribution >= 0.6 is 0 Å². The molecule has 2 aromatic rings. The fourth-order valence-electron chi connectivity index (χ4n) is 1.74. The number of anilines is 1. The van der Waals surface area contributed by atoms with Gasteiger partial charge in [-0.25, -0.2) is 9.97 Å². The molecule has 7 heteroatoms. The highest BCUT2D eigenvalue weighted by atomic mass is 16.7. The van der Waals surface area contributed by atoms with Crippen LogP contribution in [0.15, 0.2) is 30.6 Å². The van der Waals surface area contributed by atoms with Crippen molar-refractivity contribution < 1.29 is 19.0 Å². The Morgan fingerprint density at radius 2 is 2.10 bits per heavy atom. The highest BCUT2D eigenvalue weighted by Gasteiger charge is 2.15. The molecule has 7 nitrogen and oxygen atoms in total. The first-order valence-corrected chi connectivity index (χ1v) is 5.83. The number of amides is 1. The van der Waals surface area contributed by atoms with Gasteiger partial charge < -0.3 is 19.5 Å². The van der Waals surface area contributed by atoms with E-state index in [1.807, 2.05) is 0 Å². The summed E-state index contributed by atoms with van der Waals surface area (Å²) in [4.78, 5) is 19.8. The van der Waals surface area contributed by atoms with Crippen molar-refractivity contribution in [3.63, 3.8) is 0 Å². The SMILES string of the molecule is COc1cc(C(=O)Nc2ccc3c(c2)OCO3)ncn1. The molecule has 0 saturated heterocycles. The van der Waals surface area contributed by atoms with E-state index < -0.39 is 0 Å². The summed E-state index contributed by atoms with van der Waals surface area (Å²) in [7, 11) is 1.47. The lowest BCUT2D eigenvalue weighted by molar-refractivity contribution is 0.102. The summed E-state index contributed by atoms with van der Waals surface area (Å²) in [5.41, 5.74) is 0.811. The smallest absolute Gasteiger partial charge is 0.274 e. The van der Waals surface area contributed by atoms with Crippen LogP contribution in [0.3, 0.4) is 0 Å². The molecule has 102 valence electrons. The van der Waals surface area contributed by atoms with Gasteiger partial charge in [0.1, 0.15) is 12.0 Å². The molecule has 0 aliphatic carbocycles. The van der Waals surface area contributed by atoms with Gasteiger partial charge in [0.05, 0.1) is 7.11 Å². The normalized spacial score (nSPS) is 12.1. The number of fused-ring (bicyclic) bond motifs is 1. The van der Waals surface area contributed by atoms with Crippen LogP contribution in [-0.2, 0) is 0 Å². The number of carbonyl (C=O) groups is 1. The van der Waals surface area contributed by atoms with Crippen molar-refractivity contribution in [2.45, 2.75) is 0 Å². The maximum absolute atomic E-state index is 12.1. The molecule has 3 rings (SSSR count). The number of nitrogens with zero attached hydrogens (tertiary/aromatic N) is 2. The van der Waals surface area contributed by atoms with Gasteiger partial charge in [-0.15, -0.1) is 0 Å². The maximum atomic E-state index is 12.1. The molecule has 0 radical (unpaired) electrons. The molecule has 0 saturated carbocycles. The number of nitrogens with one attached hydrogen (secondary N) is 1. The van der Waals surface area contributed by atoms with Crippen molar-refractivity contribution in [3.8, 4) is 17.4 Å². The Balaban J connectivity index is 1.78. The molecule has 0 atom stereocenters. The highest BCUT2D eigenvalue weighted by Crippen LogP contribution is 2.34. The van der Waals surface area contributed by atoms with E-state index in [9.17, 15) is 4.79 Å². The lowest BCUT2D eigenvalue weighted by atomic mass is 10.2.